The third kappa shape index (κ3) is 5.59. The van der Waals surface area contributed by atoms with Gasteiger partial charge in [0.05, 0.1) is 13.2 Å². The third-order valence-electron chi connectivity index (χ3n) is 3.16. The van der Waals surface area contributed by atoms with Crippen LogP contribution in [-0.2, 0) is 19.1 Å². The van der Waals surface area contributed by atoms with Gasteiger partial charge in [-0.05, 0) is 13.8 Å². The number of hydrogen-bond donors (Lipinski definition) is 2. The lowest BCUT2D eigenvalue weighted by molar-refractivity contribution is -0.121. The highest BCUT2D eigenvalue weighted by Crippen LogP contribution is 2.24. The molecule has 0 fully saturated rings. The summed E-state index contributed by atoms with van der Waals surface area (Å²) in [5.74, 6) is 2.23. The minimum Gasteiger partial charge on any atom is -0.480 e. The van der Waals surface area contributed by atoms with Gasteiger partial charge in [0, 0.05) is 11.5 Å². The van der Waals surface area contributed by atoms with Gasteiger partial charge in [-0.2, -0.15) is 0 Å². The molecule has 0 aromatic heterocycles. The zero-order chi connectivity index (χ0) is 17.4. The van der Waals surface area contributed by atoms with Crippen LogP contribution in [0.25, 0.3) is 0 Å². The lowest BCUT2D eigenvalue weighted by Crippen LogP contribution is -2.49. The Morgan fingerprint density at radius 3 is 1.71 bits per heavy atom. The maximum atomic E-state index is 11.5. The van der Waals surface area contributed by atoms with Crippen LogP contribution in [0.3, 0.4) is 0 Å². The topological polar surface area (TPSA) is 101 Å². The van der Waals surface area contributed by atoms with E-state index >= 15 is 0 Å². The quantitative estimate of drug-likeness (QED) is 0.489. The fourth-order valence-electron chi connectivity index (χ4n) is 2.17. The lowest BCUT2D eigenvalue weighted by atomic mass is 10.3. The molecule has 0 saturated heterocycles. The molecule has 2 rings (SSSR count). The van der Waals surface area contributed by atoms with E-state index < -0.39 is 0 Å². The smallest absolute Gasteiger partial charge is 0.242 e. The Hall–Kier alpha value is -1.42. The summed E-state index contributed by atoms with van der Waals surface area (Å²) >= 11 is 0. The minimum absolute atomic E-state index is 0.0978. The van der Waals surface area contributed by atoms with Crippen molar-refractivity contribution >= 4 is 45.2 Å². The summed E-state index contributed by atoms with van der Waals surface area (Å²) in [4.78, 5) is 31.3. The van der Waals surface area contributed by atoms with Gasteiger partial charge in [0.15, 0.2) is 0 Å². The summed E-state index contributed by atoms with van der Waals surface area (Å²) in [7, 11) is 3.17. The summed E-state index contributed by atoms with van der Waals surface area (Å²) in [6, 6.07) is -0.436. The molecule has 0 radical (unpaired) electrons. The number of carbonyl (C=O) groups excluding carboxylic acids is 2. The number of rotatable bonds is 7. The Morgan fingerprint density at radius 1 is 0.917 bits per heavy atom. The van der Waals surface area contributed by atoms with Crippen molar-refractivity contribution in [1.82, 2.24) is 10.6 Å². The lowest BCUT2D eigenvalue weighted by Gasteiger charge is -2.25. The summed E-state index contributed by atoms with van der Waals surface area (Å²) in [5.41, 5.74) is 0. The number of aliphatic imine (C=N–C) groups is 2. The number of ether oxygens (including phenoxy) is 2. The zero-order valence-electron chi connectivity index (χ0n) is 13.7. The monoisotopic (exact) mass is 374 g/mol. The molecular weight excluding hydrogens is 352 g/mol. The van der Waals surface area contributed by atoms with Crippen LogP contribution in [0, 0.1) is 0 Å². The van der Waals surface area contributed by atoms with Crippen molar-refractivity contribution in [3.05, 3.63) is 0 Å². The van der Waals surface area contributed by atoms with E-state index in [2.05, 4.69) is 20.6 Å². The van der Waals surface area contributed by atoms with Crippen molar-refractivity contribution in [2.45, 2.75) is 25.9 Å². The Morgan fingerprint density at radius 2 is 1.33 bits per heavy atom. The fraction of sp³-hybridized carbons (Fsp3) is 0.714. The van der Waals surface area contributed by atoms with E-state index in [-0.39, 0.29) is 37.0 Å². The Kier molecular flexibility index (Phi) is 7.70. The first-order valence-corrected chi connectivity index (χ1v) is 10.3. The first-order chi connectivity index (χ1) is 11.6. The molecule has 2 amide bonds. The Labute approximate surface area is 149 Å². The van der Waals surface area contributed by atoms with Crippen LogP contribution in [0.1, 0.15) is 13.8 Å². The van der Waals surface area contributed by atoms with Gasteiger partial charge in [0.25, 0.3) is 0 Å². The molecule has 2 aliphatic heterocycles. The van der Waals surface area contributed by atoms with E-state index in [1.165, 1.54) is 0 Å². The summed E-state index contributed by atoms with van der Waals surface area (Å²) < 4.78 is 10.9. The van der Waals surface area contributed by atoms with Crippen LogP contribution in [0.2, 0.25) is 0 Å². The second kappa shape index (κ2) is 9.77. The molecule has 24 heavy (non-hydrogen) atoms. The van der Waals surface area contributed by atoms with E-state index in [9.17, 15) is 9.59 Å². The molecule has 8 nitrogen and oxygen atoms in total. The maximum Gasteiger partial charge on any atom is 0.242 e. The molecule has 0 bridgehead atoms. The molecule has 2 N–H and O–H groups in total. The molecular formula is C14H22N4O4S2. The molecule has 10 heteroatoms. The van der Waals surface area contributed by atoms with Gasteiger partial charge in [-0.15, -0.1) is 0 Å². The number of hydrogen-bond acceptors (Lipinski definition) is 8. The number of nitrogens with zero attached hydrogens (tertiary/aromatic N) is 2. The highest BCUT2D eigenvalue weighted by molar-refractivity contribution is 8.76. The van der Waals surface area contributed by atoms with Crippen molar-refractivity contribution in [1.29, 1.82) is 0 Å². The van der Waals surface area contributed by atoms with Crippen LogP contribution in [0.4, 0.5) is 0 Å². The molecule has 0 unspecified atom stereocenters. The molecule has 134 valence electrons. The number of nitrogens with one attached hydrogen (secondary N) is 2. The second-order valence-corrected chi connectivity index (χ2v) is 7.54. The largest absolute Gasteiger partial charge is 0.480 e. The summed E-state index contributed by atoms with van der Waals surface area (Å²) in [6.45, 7) is 5.05. The van der Waals surface area contributed by atoms with Gasteiger partial charge < -0.3 is 20.1 Å². The first kappa shape index (κ1) is 18.9. The SMILES string of the molecule is CCOC1=NCC(=O)N[C@H]1CSSC[C@H]1NC(=O)CN=C1OCC. The van der Waals surface area contributed by atoms with Crippen molar-refractivity contribution in [2.75, 3.05) is 37.8 Å². The van der Waals surface area contributed by atoms with Gasteiger partial charge in [-0.3, -0.25) is 9.59 Å². The van der Waals surface area contributed by atoms with Crippen molar-refractivity contribution in [3.63, 3.8) is 0 Å². The highest BCUT2D eigenvalue weighted by atomic mass is 33.1. The Bertz CT molecular complexity index is 481. The minimum atomic E-state index is -0.218. The maximum absolute atomic E-state index is 11.5. The Balaban J connectivity index is 1.78. The van der Waals surface area contributed by atoms with Crippen LogP contribution in [0.15, 0.2) is 9.98 Å². The van der Waals surface area contributed by atoms with E-state index in [1.807, 2.05) is 13.8 Å². The molecule has 0 spiro atoms. The van der Waals surface area contributed by atoms with E-state index in [0.29, 0.717) is 36.5 Å². The fourth-order valence-corrected chi connectivity index (χ4v) is 4.48. The predicted molar refractivity (Wildman–Crippen MR) is 96.6 cm³/mol. The van der Waals surface area contributed by atoms with Crippen molar-refractivity contribution in [3.8, 4) is 0 Å². The normalized spacial score (nSPS) is 23.8. The zero-order valence-corrected chi connectivity index (χ0v) is 15.4. The molecule has 2 atom stereocenters. The number of amides is 2. The standard InChI is InChI=1S/C14H22N4O4S2/c1-3-21-13-9(17-11(19)5-15-13)7-23-24-8-10-14(22-4-2)16-6-12(20)18-10/h9-10H,3-8H2,1-2H3,(H,17,19)(H,18,20)/t9-,10+. The molecule has 2 heterocycles. The molecule has 0 saturated carbocycles. The number of carbonyl (C=O) groups is 2. The van der Waals surface area contributed by atoms with Crippen molar-refractivity contribution in [2.24, 2.45) is 9.98 Å². The average Bonchev–Trinajstić information content (AvgIpc) is 2.56. The van der Waals surface area contributed by atoms with Crippen LogP contribution in [0.5, 0.6) is 0 Å². The third-order valence-corrected chi connectivity index (χ3v) is 5.58. The van der Waals surface area contributed by atoms with Gasteiger partial charge in [0.2, 0.25) is 23.6 Å². The van der Waals surface area contributed by atoms with E-state index in [1.54, 1.807) is 21.6 Å². The molecule has 0 aromatic rings. The first-order valence-electron chi connectivity index (χ1n) is 7.81. The molecule has 0 aromatic carbocycles. The average molecular weight is 374 g/mol. The molecule has 2 aliphatic rings. The van der Waals surface area contributed by atoms with E-state index in [0.717, 1.165) is 0 Å². The van der Waals surface area contributed by atoms with Gasteiger partial charge in [0.1, 0.15) is 25.2 Å². The van der Waals surface area contributed by atoms with Gasteiger partial charge in [-0.25, -0.2) is 9.98 Å². The highest BCUT2D eigenvalue weighted by Gasteiger charge is 2.26. The van der Waals surface area contributed by atoms with Crippen LogP contribution < -0.4 is 10.6 Å². The molecule has 0 aliphatic carbocycles. The van der Waals surface area contributed by atoms with Gasteiger partial charge in [-0.1, -0.05) is 21.6 Å². The second-order valence-electron chi connectivity index (χ2n) is 4.98. The predicted octanol–water partition coefficient (Wildman–Crippen LogP) is 0.235. The summed E-state index contributed by atoms with van der Waals surface area (Å²) in [6.07, 6.45) is 0. The van der Waals surface area contributed by atoms with Gasteiger partial charge >= 0.3 is 0 Å². The van der Waals surface area contributed by atoms with E-state index in [4.69, 9.17) is 9.47 Å². The van der Waals surface area contributed by atoms with Crippen LogP contribution in [-0.4, -0.2) is 73.5 Å². The summed E-state index contributed by atoms with van der Waals surface area (Å²) in [5, 5.41) is 5.76. The van der Waals surface area contributed by atoms with Crippen molar-refractivity contribution < 1.29 is 19.1 Å². The van der Waals surface area contributed by atoms with Crippen LogP contribution >= 0.6 is 21.6 Å².